The Hall–Kier alpha value is -3.07. The lowest BCUT2D eigenvalue weighted by molar-refractivity contribution is 0.0964. The van der Waals surface area contributed by atoms with Gasteiger partial charge in [0.2, 0.25) is 10.0 Å². The Kier molecular flexibility index (Phi) is 6.09. The van der Waals surface area contributed by atoms with Crippen molar-refractivity contribution in [2.24, 2.45) is 5.92 Å². The quantitative estimate of drug-likeness (QED) is 0.517. The van der Waals surface area contributed by atoms with E-state index in [1.54, 1.807) is 12.1 Å². The van der Waals surface area contributed by atoms with Crippen LogP contribution in [0.15, 0.2) is 40.8 Å². The summed E-state index contributed by atoms with van der Waals surface area (Å²) in [6, 6.07) is 8.89. The largest absolute Gasteiger partial charge is 0.489 e. The molecule has 1 N–H and O–H groups in total. The predicted molar refractivity (Wildman–Crippen MR) is 126 cm³/mol. The summed E-state index contributed by atoms with van der Waals surface area (Å²) < 4.78 is 52.3. The van der Waals surface area contributed by atoms with E-state index >= 15 is 0 Å². The number of fused-ring (bicyclic) bond motifs is 1. The maximum absolute atomic E-state index is 13.5. The first-order valence-corrected chi connectivity index (χ1v) is 12.7. The minimum Gasteiger partial charge on any atom is -0.489 e. The topological polar surface area (TPSA) is 88.9 Å². The highest BCUT2D eigenvalue weighted by atomic mass is 32.2. The molecular formula is C24H27FN2O5S. The van der Waals surface area contributed by atoms with E-state index in [4.69, 9.17) is 9.15 Å². The third-order valence-electron chi connectivity index (χ3n) is 5.48. The third-order valence-corrected chi connectivity index (χ3v) is 6.63. The second-order valence-electron chi connectivity index (χ2n) is 8.61. The second kappa shape index (κ2) is 8.70. The first kappa shape index (κ1) is 23.1. The summed E-state index contributed by atoms with van der Waals surface area (Å²) >= 11 is 0. The summed E-state index contributed by atoms with van der Waals surface area (Å²) in [5, 5.41) is 3.10. The minimum absolute atomic E-state index is 0.226. The number of halogens is 1. The number of amides is 1. The van der Waals surface area contributed by atoms with Crippen LogP contribution in [-0.4, -0.2) is 40.3 Å². The van der Waals surface area contributed by atoms with Crippen molar-refractivity contribution in [2.45, 2.75) is 32.8 Å². The molecule has 1 aliphatic rings. The highest BCUT2D eigenvalue weighted by Gasteiger charge is 2.32. The van der Waals surface area contributed by atoms with Crippen LogP contribution < -0.4 is 14.4 Å². The summed E-state index contributed by atoms with van der Waals surface area (Å²) in [5.41, 5.74) is 1.50. The molecule has 4 rings (SSSR count). The summed E-state index contributed by atoms with van der Waals surface area (Å²) in [6.45, 7) is 4.05. The van der Waals surface area contributed by atoms with Crippen LogP contribution in [0.5, 0.6) is 5.75 Å². The van der Waals surface area contributed by atoms with Gasteiger partial charge in [0.25, 0.3) is 5.91 Å². The van der Waals surface area contributed by atoms with Gasteiger partial charge in [-0.05, 0) is 62.9 Å². The van der Waals surface area contributed by atoms with E-state index < -0.39 is 15.8 Å². The number of carbonyl (C=O) groups excluding carboxylic acids is 1. The van der Waals surface area contributed by atoms with E-state index in [-0.39, 0.29) is 23.3 Å². The normalized spacial score (nSPS) is 14.0. The standard InChI is InChI=1S/C24H27FN2O5S/c1-14(2)31-21-11-18-20(12-19(21)27(33(4,29)30)13-15-5-6-15)32-23(22(18)24(28)26-3)16-7-9-17(25)10-8-16/h7-12,14-15H,5-6,13H2,1-4H3,(H,26,28). The zero-order valence-electron chi connectivity index (χ0n) is 19.0. The molecule has 0 unspecified atom stereocenters. The summed E-state index contributed by atoms with van der Waals surface area (Å²) in [7, 11) is -2.08. The van der Waals surface area contributed by atoms with Gasteiger partial charge >= 0.3 is 0 Å². The van der Waals surface area contributed by atoms with E-state index in [0.717, 1.165) is 12.8 Å². The molecule has 1 amide bonds. The maximum atomic E-state index is 13.5. The molecule has 0 spiro atoms. The zero-order chi connectivity index (χ0) is 23.9. The van der Waals surface area contributed by atoms with E-state index in [1.807, 2.05) is 13.8 Å². The number of benzene rings is 2. The van der Waals surface area contributed by atoms with E-state index in [9.17, 15) is 17.6 Å². The molecule has 9 heteroatoms. The Morgan fingerprint density at radius 2 is 1.91 bits per heavy atom. The van der Waals surface area contributed by atoms with Crippen molar-refractivity contribution >= 4 is 32.6 Å². The van der Waals surface area contributed by atoms with Crippen molar-refractivity contribution in [3.8, 4) is 17.1 Å². The average Bonchev–Trinajstić information content (AvgIpc) is 3.49. The summed E-state index contributed by atoms with van der Waals surface area (Å²) in [4.78, 5) is 12.8. The van der Waals surface area contributed by atoms with Crippen LogP contribution in [0.1, 0.15) is 37.0 Å². The number of rotatable bonds is 8. The molecule has 1 aromatic heterocycles. The fourth-order valence-electron chi connectivity index (χ4n) is 3.76. The lowest BCUT2D eigenvalue weighted by Gasteiger charge is -2.25. The molecule has 0 saturated heterocycles. The van der Waals surface area contributed by atoms with E-state index in [0.29, 0.717) is 40.4 Å². The minimum atomic E-state index is -3.59. The van der Waals surface area contributed by atoms with Crippen LogP contribution in [-0.2, 0) is 10.0 Å². The highest BCUT2D eigenvalue weighted by molar-refractivity contribution is 7.92. The van der Waals surface area contributed by atoms with E-state index in [2.05, 4.69) is 5.32 Å². The average molecular weight is 475 g/mol. The molecule has 1 heterocycles. The molecule has 0 bridgehead atoms. The van der Waals surface area contributed by atoms with Gasteiger partial charge in [-0.15, -0.1) is 0 Å². The molecule has 0 radical (unpaired) electrons. The van der Waals surface area contributed by atoms with Crippen LogP contribution in [0.3, 0.4) is 0 Å². The number of sulfonamides is 1. The molecule has 0 atom stereocenters. The summed E-state index contributed by atoms with van der Waals surface area (Å²) in [5.74, 6) is 0.129. The number of carbonyl (C=O) groups is 1. The Bertz CT molecular complexity index is 1290. The molecular weight excluding hydrogens is 447 g/mol. The van der Waals surface area contributed by atoms with Crippen molar-refractivity contribution in [1.82, 2.24) is 5.32 Å². The van der Waals surface area contributed by atoms with Crippen LogP contribution in [0.2, 0.25) is 0 Å². The zero-order valence-corrected chi connectivity index (χ0v) is 19.8. The summed E-state index contributed by atoms with van der Waals surface area (Å²) in [6.07, 6.45) is 2.90. The fraction of sp³-hybridized carbons (Fsp3) is 0.375. The Morgan fingerprint density at radius 3 is 2.45 bits per heavy atom. The molecule has 1 saturated carbocycles. The predicted octanol–water partition coefficient (Wildman–Crippen LogP) is 4.56. The first-order valence-electron chi connectivity index (χ1n) is 10.8. The van der Waals surface area contributed by atoms with Crippen molar-refractivity contribution in [1.29, 1.82) is 0 Å². The molecule has 176 valence electrons. The molecule has 2 aromatic carbocycles. The van der Waals surface area contributed by atoms with Crippen LogP contribution in [0.4, 0.5) is 10.1 Å². The lowest BCUT2D eigenvalue weighted by Crippen LogP contribution is -2.32. The van der Waals surface area contributed by atoms with Crippen LogP contribution in [0.25, 0.3) is 22.3 Å². The number of anilines is 1. The lowest BCUT2D eigenvalue weighted by atomic mass is 10.0. The number of nitrogens with zero attached hydrogens (tertiary/aromatic N) is 1. The Balaban J connectivity index is 1.97. The molecule has 1 fully saturated rings. The van der Waals surface area contributed by atoms with Crippen molar-refractivity contribution < 1.29 is 26.8 Å². The van der Waals surface area contributed by atoms with Crippen LogP contribution in [0, 0.1) is 11.7 Å². The van der Waals surface area contributed by atoms with Gasteiger partial charge in [-0.1, -0.05) is 0 Å². The van der Waals surface area contributed by atoms with Gasteiger partial charge < -0.3 is 14.5 Å². The van der Waals surface area contributed by atoms with Crippen molar-refractivity contribution in [3.05, 3.63) is 47.8 Å². The monoisotopic (exact) mass is 474 g/mol. The third kappa shape index (κ3) is 4.83. The van der Waals surface area contributed by atoms with Gasteiger partial charge in [0.15, 0.2) is 0 Å². The van der Waals surface area contributed by atoms with Gasteiger partial charge in [0.05, 0.1) is 23.6 Å². The van der Waals surface area contributed by atoms with Crippen molar-refractivity contribution in [2.75, 3.05) is 24.2 Å². The molecule has 7 nitrogen and oxygen atoms in total. The van der Waals surface area contributed by atoms with Gasteiger partial charge in [0, 0.05) is 30.6 Å². The Morgan fingerprint density at radius 1 is 1.24 bits per heavy atom. The number of ether oxygens (including phenoxy) is 1. The molecule has 0 aliphatic heterocycles. The number of hydrogen-bond donors (Lipinski definition) is 1. The fourth-order valence-corrected chi connectivity index (χ4v) is 4.74. The number of nitrogens with one attached hydrogen (secondary N) is 1. The van der Waals surface area contributed by atoms with Gasteiger partial charge in [0.1, 0.15) is 22.9 Å². The maximum Gasteiger partial charge on any atom is 0.255 e. The van der Waals surface area contributed by atoms with Gasteiger partial charge in [-0.2, -0.15) is 0 Å². The van der Waals surface area contributed by atoms with Gasteiger partial charge in [-0.25, -0.2) is 12.8 Å². The van der Waals surface area contributed by atoms with Crippen LogP contribution >= 0.6 is 0 Å². The molecule has 3 aromatic rings. The van der Waals surface area contributed by atoms with E-state index in [1.165, 1.54) is 41.9 Å². The molecule has 33 heavy (non-hydrogen) atoms. The SMILES string of the molecule is CNC(=O)c1c(-c2ccc(F)cc2)oc2cc(N(CC3CC3)S(C)(=O)=O)c(OC(C)C)cc12. The highest BCUT2D eigenvalue weighted by Crippen LogP contribution is 2.43. The number of hydrogen-bond acceptors (Lipinski definition) is 5. The number of furan rings is 1. The first-order chi connectivity index (χ1) is 15.6. The smallest absolute Gasteiger partial charge is 0.255 e. The second-order valence-corrected chi connectivity index (χ2v) is 10.5. The molecule has 1 aliphatic carbocycles. The van der Waals surface area contributed by atoms with Gasteiger partial charge in [-0.3, -0.25) is 9.10 Å². The Labute approximate surface area is 192 Å². The van der Waals surface area contributed by atoms with Crippen molar-refractivity contribution in [3.63, 3.8) is 0 Å².